The SMILES string of the molecule is CCCNC(=O)C(CCN)C(C)C. The van der Waals surface area contributed by atoms with Crippen LogP contribution in [0.4, 0.5) is 0 Å². The van der Waals surface area contributed by atoms with Gasteiger partial charge in [-0.2, -0.15) is 0 Å². The number of rotatable bonds is 6. The van der Waals surface area contributed by atoms with Crippen LogP contribution in [0.1, 0.15) is 33.6 Å². The van der Waals surface area contributed by atoms with Crippen LogP contribution in [0.2, 0.25) is 0 Å². The lowest BCUT2D eigenvalue weighted by atomic mass is 9.91. The summed E-state index contributed by atoms with van der Waals surface area (Å²) in [5.41, 5.74) is 5.45. The van der Waals surface area contributed by atoms with E-state index >= 15 is 0 Å². The summed E-state index contributed by atoms with van der Waals surface area (Å²) >= 11 is 0. The third-order valence-corrected chi connectivity index (χ3v) is 2.17. The first kappa shape index (κ1) is 12.4. The number of nitrogens with two attached hydrogens (primary N) is 1. The highest BCUT2D eigenvalue weighted by Gasteiger charge is 2.20. The Hall–Kier alpha value is -0.570. The van der Waals surface area contributed by atoms with Crippen LogP contribution in [0.5, 0.6) is 0 Å². The van der Waals surface area contributed by atoms with E-state index in [1.807, 2.05) is 6.92 Å². The minimum atomic E-state index is 0.0801. The van der Waals surface area contributed by atoms with Crippen molar-refractivity contribution in [1.82, 2.24) is 5.32 Å². The van der Waals surface area contributed by atoms with Crippen LogP contribution >= 0.6 is 0 Å². The predicted molar refractivity (Wildman–Crippen MR) is 55.3 cm³/mol. The molecule has 0 aromatic rings. The molecule has 0 bridgehead atoms. The largest absolute Gasteiger partial charge is 0.356 e. The summed E-state index contributed by atoms with van der Waals surface area (Å²) in [5, 5.41) is 2.90. The number of amides is 1. The van der Waals surface area contributed by atoms with Crippen LogP contribution < -0.4 is 11.1 Å². The highest BCUT2D eigenvalue weighted by atomic mass is 16.1. The van der Waals surface area contributed by atoms with Crippen LogP contribution in [0.3, 0.4) is 0 Å². The fourth-order valence-electron chi connectivity index (χ4n) is 1.33. The van der Waals surface area contributed by atoms with E-state index in [0.717, 1.165) is 19.4 Å². The Morgan fingerprint density at radius 2 is 2.08 bits per heavy atom. The van der Waals surface area contributed by atoms with Gasteiger partial charge in [-0.25, -0.2) is 0 Å². The summed E-state index contributed by atoms with van der Waals surface area (Å²) in [7, 11) is 0. The summed E-state index contributed by atoms with van der Waals surface area (Å²) in [6, 6.07) is 0. The molecule has 0 radical (unpaired) electrons. The topological polar surface area (TPSA) is 55.1 Å². The van der Waals surface area contributed by atoms with Gasteiger partial charge in [0, 0.05) is 12.5 Å². The van der Waals surface area contributed by atoms with E-state index in [0.29, 0.717) is 12.5 Å². The molecule has 0 spiro atoms. The second-order valence-electron chi connectivity index (χ2n) is 3.72. The van der Waals surface area contributed by atoms with E-state index in [1.165, 1.54) is 0 Å². The minimum absolute atomic E-state index is 0.0801. The van der Waals surface area contributed by atoms with Gasteiger partial charge in [0.05, 0.1) is 0 Å². The highest BCUT2D eigenvalue weighted by molar-refractivity contribution is 5.78. The quantitative estimate of drug-likeness (QED) is 0.653. The molecule has 0 aromatic heterocycles. The highest BCUT2D eigenvalue weighted by Crippen LogP contribution is 2.14. The molecular weight excluding hydrogens is 164 g/mol. The van der Waals surface area contributed by atoms with Gasteiger partial charge in [-0.15, -0.1) is 0 Å². The van der Waals surface area contributed by atoms with Gasteiger partial charge in [-0.3, -0.25) is 4.79 Å². The van der Waals surface area contributed by atoms with Crippen LogP contribution in [-0.4, -0.2) is 19.0 Å². The molecule has 0 saturated carbocycles. The standard InChI is InChI=1S/C10H22N2O/c1-4-7-12-10(13)9(5-6-11)8(2)3/h8-9H,4-7,11H2,1-3H3,(H,12,13). The van der Waals surface area contributed by atoms with E-state index in [2.05, 4.69) is 19.2 Å². The monoisotopic (exact) mass is 186 g/mol. The lowest BCUT2D eigenvalue weighted by Crippen LogP contribution is -2.35. The van der Waals surface area contributed by atoms with Gasteiger partial charge in [0.15, 0.2) is 0 Å². The van der Waals surface area contributed by atoms with E-state index in [1.54, 1.807) is 0 Å². The van der Waals surface area contributed by atoms with E-state index in [4.69, 9.17) is 5.73 Å². The number of nitrogens with one attached hydrogen (secondary N) is 1. The Bertz CT molecular complexity index is 146. The number of carbonyl (C=O) groups is 1. The first-order valence-corrected chi connectivity index (χ1v) is 5.11. The van der Waals surface area contributed by atoms with Crippen molar-refractivity contribution in [3.8, 4) is 0 Å². The molecule has 78 valence electrons. The number of hydrogen-bond donors (Lipinski definition) is 2. The molecule has 3 nitrogen and oxygen atoms in total. The zero-order valence-electron chi connectivity index (χ0n) is 8.97. The Balaban J connectivity index is 3.96. The van der Waals surface area contributed by atoms with Crippen molar-refractivity contribution in [2.75, 3.05) is 13.1 Å². The van der Waals surface area contributed by atoms with Crippen molar-refractivity contribution >= 4 is 5.91 Å². The van der Waals surface area contributed by atoms with Crippen molar-refractivity contribution in [2.24, 2.45) is 17.6 Å². The molecule has 0 rings (SSSR count). The molecule has 1 atom stereocenters. The smallest absolute Gasteiger partial charge is 0.223 e. The van der Waals surface area contributed by atoms with Crippen molar-refractivity contribution in [3.05, 3.63) is 0 Å². The van der Waals surface area contributed by atoms with Crippen molar-refractivity contribution < 1.29 is 4.79 Å². The lowest BCUT2D eigenvalue weighted by Gasteiger charge is -2.19. The average Bonchev–Trinajstić information content (AvgIpc) is 2.09. The maximum atomic E-state index is 11.6. The zero-order valence-corrected chi connectivity index (χ0v) is 8.97. The van der Waals surface area contributed by atoms with Crippen molar-refractivity contribution in [3.63, 3.8) is 0 Å². The Morgan fingerprint density at radius 1 is 1.46 bits per heavy atom. The van der Waals surface area contributed by atoms with Gasteiger partial charge in [0.1, 0.15) is 0 Å². The van der Waals surface area contributed by atoms with E-state index in [-0.39, 0.29) is 11.8 Å². The summed E-state index contributed by atoms with van der Waals surface area (Å²) in [5.74, 6) is 0.610. The lowest BCUT2D eigenvalue weighted by molar-refractivity contribution is -0.126. The van der Waals surface area contributed by atoms with Crippen molar-refractivity contribution in [2.45, 2.75) is 33.6 Å². The number of carbonyl (C=O) groups excluding carboxylic acids is 1. The summed E-state index contributed by atoms with van der Waals surface area (Å²) < 4.78 is 0. The van der Waals surface area contributed by atoms with Crippen LogP contribution in [0.15, 0.2) is 0 Å². The molecule has 0 fully saturated rings. The number of hydrogen-bond acceptors (Lipinski definition) is 2. The zero-order chi connectivity index (χ0) is 10.3. The minimum Gasteiger partial charge on any atom is -0.356 e. The van der Waals surface area contributed by atoms with Gasteiger partial charge in [0.25, 0.3) is 0 Å². The van der Waals surface area contributed by atoms with Crippen LogP contribution in [0, 0.1) is 11.8 Å². The average molecular weight is 186 g/mol. The summed E-state index contributed by atoms with van der Waals surface area (Å²) in [6.45, 7) is 7.53. The fraction of sp³-hybridized carbons (Fsp3) is 0.900. The van der Waals surface area contributed by atoms with Crippen LogP contribution in [0.25, 0.3) is 0 Å². The Kier molecular flexibility index (Phi) is 6.59. The maximum absolute atomic E-state index is 11.6. The summed E-state index contributed by atoms with van der Waals surface area (Å²) in [4.78, 5) is 11.6. The van der Waals surface area contributed by atoms with Gasteiger partial charge in [0.2, 0.25) is 5.91 Å². The van der Waals surface area contributed by atoms with E-state index < -0.39 is 0 Å². The molecule has 0 aliphatic carbocycles. The molecule has 3 heteroatoms. The third kappa shape index (κ3) is 4.88. The molecule has 0 aromatic carbocycles. The van der Waals surface area contributed by atoms with Crippen molar-refractivity contribution in [1.29, 1.82) is 0 Å². The first-order chi connectivity index (χ1) is 6.13. The molecule has 1 amide bonds. The summed E-state index contributed by atoms with van der Waals surface area (Å²) in [6.07, 6.45) is 1.77. The van der Waals surface area contributed by atoms with Gasteiger partial charge in [-0.05, 0) is 25.3 Å². The molecule has 0 heterocycles. The Labute approximate surface area is 81.1 Å². The van der Waals surface area contributed by atoms with Crippen LogP contribution in [-0.2, 0) is 4.79 Å². The predicted octanol–water partition coefficient (Wildman–Crippen LogP) is 1.13. The Morgan fingerprint density at radius 3 is 2.46 bits per heavy atom. The normalized spacial score (nSPS) is 13.0. The van der Waals surface area contributed by atoms with E-state index in [9.17, 15) is 4.79 Å². The molecule has 1 unspecified atom stereocenters. The second-order valence-corrected chi connectivity index (χ2v) is 3.72. The first-order valence-electron chi connectivity index (χ1n) is 5.11. The second kappa shape index (κ2) is 6.89. The molecule has 0 aliphatic rings. The van der Waals surface area contributed by atoms with Gasteiger partial charge < -0.3 is 11.1 Å². The van der Waals surface area contributed by atoms with Gasteiger partial charge in [-0.1, -0.05) is 20.8 Å². The molecule has 0 saturated heterocycles. The fourth-order valence-corrected chi connectivity index (χ4v) is 1.33. The third-order valence-electron chi connectivity index (χ3n) is 2.17. The van der Waals surface area contributed by atoms with Gasteiger partial charge >= 0.3 is 0 Å². The molecule has 3 N–H and O–H groups in total. The maximum Gasteiger partial charge on any atom is 0.223 e. The molecule has 13 heavy (non-hydrogen) atoms. The molecule has 0 aliphatic heterocycles. The molecular formula is C10H22N2O.